The molecule has 3 aromatic rings. The third-order valence-electron chi connectivity index (χ3n) is 2.50. The first-order chi connectivity index (χ1) is 9.42. The zero-order valence-electron chi connectivity index (χ0n) is 10.1. The van der Waals surface area contributed by atoms with Gasteiger partial charge in [-0.15, -0.1) is 0 Å². The van der Waals surface area contributed by atoms with Gasteiger partial charge in [-0.25, -0.2) is 9.97 Å². The first-order valence-electron chi connectivity index (χ1n) is 5.89. The highest BCUT2D eigenvalue weighted by Gasteiger charge is 2.03. The molecule has 0 aliphatic carbocycles. The average molecular weight is 265 g/mol. The monoisotopic (exact) mass is 265 g/mol. The van der Waals surface area contributed by atoms with Crippen LogP contribution >= 0.6 is 11.8 Å². The lowest BCUT2D eigenvalue weighted by Gasteiger charge is -2.03. The highest BCUT2D eigenvalue weighted by Crippen LogP contribution is 2.25. The maximum Gasteiger partial charge on any atom is 0.103 e. The van der Waals surface area contributed by atoms with Crippen LogP contribution in [0.1, 0.15) is 0 Å². The molecule has 0 radical (unpaired) electrons. The van der Waals surface area contributed by atoms with Gasteiger partial charge in [0, 0.05) is 12.4 Å². The number of rotatable bonds is 3. The van der Waals surface area contributed by atoms with E-state index in [0.29, 0.717) is 0 Å². The van der Waals surface area contributed by atoms with E-state index in [1.54, 1.807) is 24.2 Å². The Morgan fingerprint density at radius 1 is 0.632 bits per heavy atom. The fourth-order valence-electron chi connectivity index (χ4n) is 1.64. The van der Waals surface area contributed by atoms with Gasteiger partial charge in [0.15, 0.2) is 0 Å². The van der Waals surface area contributed by atoms with E-state index in [1.807, 2.05) is 54.6 Å². The van der Waals surface area contributed by atoms with Crippen molar-refractivity contribution in [1.29, 1.82) is 0 Å². The molecule has 19 heavy (non-hydrogen) atoms. The standard InChI is InChI=1S/C15H11N3S/c1-3-10-16-12(6-1)13-7-5-9-15(18-13)19-14-8-2-4-11-17-14/h1-11H. The number of aromatic nitrogens is 3. The Morgan fingerprint density at radius 3 is 2.11 bits per heavy atom. The Hall–Kier alpha value is -2.20. The molecule has 0 atom stereocenters. The van der Waals surface area contributed by atoms with Crippen LogP contribution in [0, 0.1) is 0 Å². The van der Waals surface area contributed by atoms with E-state index in [1.165, 1.54) is 0 Å². The van der Waals surface area contributed by atoms with E-state index in [0.717, 1.165) is 21.4 Å². The normalized spacial score (nSPS) is 10.3. The summed E-state index contributed by atoms with van der Waals surface area (Å²) in [5.41, 5.74) is 1.76. The molecule has 0 unspecified atom stereocenters. The number of hydrogen-bond acceptors (Lipinski definition) is 4. The number of hydrogen-bond donors (Lipinski definition) is 0. The topological polar surface area (TPSA) is 38.7 Å². The molecule has 0 N–H and O–H groups in total. The van der Waals surface area contributed by atoms with Gasteiger partial charge in [0.05, 0.1) is 11.4 Å². The summed E-state index contributed by atoms with van der Waals surface area (Å²) in [6.07, 6.45) is 3.56. The molecule has 0 bridgehead atoms. The molecule has 3 nitrogen and oxygen atoms in total. The van der Waals surface area contributed by atoms with Crippen molar-refractivity contribution in [2.45, 2.75) is 10.1 Å². The molecule has 0 amide bonds. The maximum atomic E-state index is 4.60. The second-order valence-electron chi connectivity index (χ2n) is 3.85. The van der Waals surface area contributed by atoms with Gasteiger partial charge in [-0.1, -0.05) is 30.0 Å². The molecule has 3 heterocycles. The lowest BCUT2D eigenvalue weighted by Crippen LogP contribution is -1.88. The molecule has 4 heteroatoms. The fraction of sp³-hybridized carbons (Fsp3) is 0. The van der Waals surface area contributed by atoms with E-state index in [9.17, 15) is 0 Å². The van der Waals surface area contributed by atoms with Crippen LogP contribution in [0.15, 0.2) is 77.0 Å². The van der Waals surface area contributed by atoms with Crippen molar-refractivity contribution in [3.05, 3.63) is 67.0 Å². The average Bonchev–Trinajstić information content (AvgIpc) is 2.49. The predicted molar refractivity (Wildman–Crippen MR) is 75.8 cm³/mol. The quantitative estimate of drug-likeness (QED) is 0.724. The summed E-state index contributed by atoms with van der Waals surface area (Å²) in [6, 6.07) is 17.6. The van der Waals surface area contributed by atoms with Crippen LogP contribution in [-0.2, 0) is 0 Å². The molecule has 0 aliphatic heterocycles. The first-order valence-corrected chi connectivity index (χ1v) is 6.71. The molecule has 3 aromatic heterocycles. The van der Waals surface area contributed by atoms with E-state index < -0.39 is 0 Å². The molecule has 0 spiro atoms. The van der Waals surface area contributed by atoms with Crippen LogP contribution in [0.4, 0.5) is 0 Å². The van der Waals surface area contributed by atoms with E-state index in [4.69, 9.17) is 0 Å². The predicted octanol–water partition coefficient (Wildman–Crippen LogP) is 3.69. The first kappa shape index (κ1) is 11.9. The largest absolute Gasteiger partial charge is 0.255 e. The summed E-state index contributed by atoms with van der Waals surface area (Å²) in [6.45, 7) is 0. The minimum Gasteiger partial charge on any atom is -0.255 e. The molecule has 0 aliphatic rings. The molecule has 0 saturated heterocycles. The van der Waals surface area contributed by atoms with Crippen LogP contribution in [0.5, 0.6) is 0 Å². The molecule has 0 saturated carbocycles. The summed E-state index contributed by atoms with van der Waals surface area (Å²) < 4.78 is 0. The Kier molecular flexibility index (Phi) is 3.51. The second-order valence-corrected chi connectivity index (χ2v) is 4.89. The van der Waals surface area contributed by atoms with Gasteiger partial charge in [-0.05, 0) is 36.4 Å². The van der Waals surface area contributed by atoms with E-state index >= 15 is 0 Å². The van der Waals surface area contributed by atoms with Gasteiger partial charge in [-0.2, -0.15) is 0 Å². The maximum absolute atomic E-state index is 4.60. The molecule has 0 fully saturated rings. The van der Waals surface area contributed by atoms with Crippen molar-refractivity contribution in [3.63, 3.8) is 0 Å². The SMILES string of the molecule is c1ccc(Sc2cccc(-c3ccccn3)n2)nc1. The third kappa shape index (κ3) is 2.98. The highest BCUT2D eigenvalue weighted by molar-refractivity contribution is 7.99. The number of nitrogens with zero attached hydrogens (tertiary/aromatic N) is 3. The molecule has 92 valence electrons. The van der Waals surface area contributed by atoms with Gasteiger partial charge in [0.1, 0.15) is 10.1 Å². The van der Waals surface area contributed by atoms with Crippen molar-refractivity contribution in [3.8, 4) is 11.4 Å². The zero-order chi connectivity index (χ0) is 12.9. The Bertz CT molecular complexity index is 657. The van der Waals surface area contributed by atoms with Crippen molar-refractivity contribution < 1.29 is 0 Å². The van der Waals surface area contributed by atoms with Crippen molar-refractivity contribution in [2.75, 3.05) is 0 Å². The van der Waals surface area contributed by atoms with Crippen LogP contribution in [0.2, 0.25) is 0 Å². The molecular formula is C15H11N3S. The van der Waals surface area contributed by atoms with Gasteiger partial charge in [0.25, 0.3) is 0 Å². The fourth-order valence-corrected chi connectivity index (χ4v) is 2.41. The summed E-state index contributed by atoms with van der Waals surface area (Å²) in [4.78, 5) is 13.2. The summed E-state index contributed by atoms with van der Waals surface area (Å²) >= 11 is 1.55. The summed E-state index contributed by atoms with van der Waals surface area (Å²) in [5, 5.41) is 1.86. The second kappa shape index (κ2) is 5.63. The van der Waals surface area contributed by atoms with Gasteiger partial charge in [0.2, 0.25) is 0 Å². The van der Waals surface area contributed by atoms with Crippen molar-refractivity contribution in [1.82, 2.24) is 15.0 Å². The summed E-state index contributed by atoms with van der Waals surface area (Å²) in [7, 11) is 0. The highest BCUT2D eigenvalue weighted by atomic mass is 32.2. The van der Waals surface area contributed by atoms with Crippen LogP contribution in [0.3, 0.4) is 0 Å². The minimum atomic E-state index is 0.876. The molecular weight excluding hydrogens is 254 g/mol. The lowest BCUT2D eigenvalue weighted by molar-refractivity contribution is 1.09. The van der Waals surface area contributed by atoms with Gasteiger partial charge < -0.3 is 0 Å². The summed E-state index contributed by atoms with van der Waals surface area (Å²) in [5.74, 6) is 0. The van der Waals surface area contributed by atoms with Crippen LogP contribution in [0.25, 0.3) is 11.4 Å². The zero-order valence-corrected chi connectivity index (χ0v) is 10.9. The number of pyridine rings is 3. The van der Waals surface area contributed by atoms with Gasteiger partial charge in [-0.3, -0.25) is 4.98 Å². The van der Waals surface area contributed by atoms with Crippen molar-refractivity contribution >= 4 is 11.8 Å². The Balaban J connectivity index is 1.89. The Labute approximate surface area is 115 Å². The molecule has 3 rings (SSSR count). The Morgan fingerprint density at radius 2 is 1.37 bits per heavy atom. The van der Waals surface area contributed by atoms with E-state index in [-0.39, 0.29) is 0 Å². The van der Waals surface area contributed by atoms with Crippen LogP contribution in [-0.4, -0.2) is 15.0 Å². The van der Waals surface area contributed by atoms with E-state index in [2.05, 4.69) is 15.0 Å². The smallest absolute Gasteiger partial charge is 0.103 e. The van der Waals surface area contributed by atoms with Crippen molar-refractivity contribution in [2.24, 2.45) is 0 Å². The minimum absolute atomic E-state index is 0.876. The lowest BCUT2D eigenvalue weighted by atomic mass is 10.2. The van der Waals surface area contributed by atoms with Gasteiger partial charge >= 0.3 is 0 Å². The molecule has 0 aromatic carbocycles. The van der Waals surface area contributed by atoms with Crippen LogP contribution < -0.4 is 0 Å². The third-order valence-corrected chi connectivity index (χ3v) is 3.38.